The van der Waals surface area contributed by atoms with Crippen LogP contribution in [0.3, 0.4) is 0 Å². The van der Waals surface area contributed by atoms with E-state index in [9.17, 15) is 14.4 Å². The molecule has 158 valence electrons. The van der Waals surface area contributed by atoms with E-state index >= 15 is 0 Å². The summed E-state index contributed by atoms with van der Waals surface area (Å²) in [6, 6.07) is 15.7. The Labute approximate surface area is 176 Å². The quantitative estimate of drug-likeness (QED) is 0.535. The fourth-order valence-electron chi connectivity index (χ4n) is 4.03. The molecule has 2 aromatic carbocycles. The Morgan fingerprint density at radius 3 is 2.61 bits per heavy atom. The van der Waals surface area contributed by atoms with Gasteiger partial charge in [-0.3, -0.25) is 14.2 Å². The number of ether oxygens (including phenoxy) is 1. The van der Waals surface area contributed by atoms with Crippen LogP contribution in [0.15, 0.2) is 68.6 Å². The summed E-state index contributed by atoms with van der Waals surface area (Å²) < 4.78 is 13.7. The average molecular weight is 419 g/mol. The van der Waals surface area contributed by atoms with Crippen molar-refractivity contribution in [3.63, 3.8) is 0 Å². The number of hydrogen-bond acceptors (Lipinski definition) is 5. The van der Waals surface area contributed by atoms with Crippen LogP contribution < -0.4 is 16.6 Å². The van der Waals surface area contributed by atoms with Crippen LogP contribution in [0.1, 0.15) is 12.8 Å². The fourth-order valence-corrected chi connectivity index (χ4v) is 4.03. The monoisotopic (exact) mass is 419 g/mol. The summed E-state index contributed by atoms with van der Waals surface area (Å²) in [4.78, 5) is 39.3. The van der Waals surface area contributed by atoms with Crippen LogP contribution in [-0.4, -0.2) is 34.3 Å². The van der Waals surface area contributed by atoms with Gasteiger partial charge in [-0.15, -0.1) is 0 Å². The van der Waals surface area contributed by atoms with Gasteiger partial charge in [-0.05, 0) is 37.1 Å². The Hall–Kier alpha value is -3.65. The number of fused-ring (bicyclic) bond motifs is 3. The Morgan fingerprint density at radius 2 is 1.84 bits per heavy atom. The molecule has 0 aliphatic carbocycles. The van der Waals surface area contributed by atoms with Crippen LogP contribution in [0.5, 0.6) is 0 Å². The van der Waals surface area contributed by atoms with Gasteiger partial charge in [0.1, 0.15) is 17.6 Å². The van der Waals surface area contributed by atoms with Crippen molar-refractivity contribution >= 4 is 28.0 Å². The van der Waals surface area contributed by atoms with Gasteiger partial charge in [0, 0.05) is 18.5 Å². The van der Waals surface area contributed by atoms with Crippen molar-refractivity contribution in [1.29, 1.82) is 0 Å². The van der Waals surface area contributed by atoms with Gasteiger partial charge in [0.2, 0.25) is 11.5 Å². The Kier molecular flexibility index (Phi) is 4.91. The maximum absolute atomic E-state index is 13.4. The second-order valence-corrected chi connectivity index (χ2v) is 7.56. The number of carbonyl (C=O) groups excluding carboxylic acids is 1. The molecule has 1 aliphatic rings. The summed E-state index contributed by atoms with van der Waals surface area (Å²) >= 11 is 0. The highest BCUT2D eigenvalue weighted by molar-refractivity contribution is 6.02. The number of rotatable bonds is 5. The predicted octanol–water partition coefficient (Wildman–Crippen LogP) is 2.19. The van der Waals surface area contributed by atoms with Gasteiger partial charge in [-0.2, -0.15) is 0 Å². The van der Waals surface area contributed by atoms with Gasteiger partial charge in [-0.1, -0.05) is 30.3 Å². The molecule has 1 N–H and O–H groups in total. The van der Waals surface area contributed by atoms with Crippen LogP contribution in [0, 0.1) is 0 Å². The molecule has 2 aromatic heterocycles. The number of nitrogens with zero attached hydrogens (tertiary/aromatic N) is 2. The second kappa shape index (κ2) is 7.88. The minimum Gasteiger partial charge on any atom is -0.449 e. The Bertz CT molecular complexity index is 1380. The zero-order valence-electron chi connectivity index (χ0n) is 16.7. The molecule has 1 fully saturated rings. The van der Waals surface area contributed by atoms with Gasteiger partial charge in [0.15, 0.2) is 0 Å². The maximum atomic E-state index is 13.4. The smallest absolute Gasteiger partial charge is 0.336 e. The first-order valence-corrected chi connectivity index (χ1v) is 10.2. The van der Waals surface area contributed by atoms with Crippen molar-refractivity contribution in [3.8, 4) is 5.69 Å². The molecule has 1 saturated heterocycles. The number of carbonyl (C=O) groups is 1. The van der Waals surface area contributed by atoms with E-state index in [2.05, 4.69) is 5.32 Å². The highest BCUT2D eigenvalue weighted by Gasteiger charge is 2.22. The third-order valence-corrected chi connectivity index (χ3v) is 5.53. The summed E-state index contributed by atoms with van der Waals surface area (Å²) in [7, 11) is 0. The molecule has 8 nitrogen and oxygen atoms in total. The standard InChI is InChI=1S/C23H21N3O5/c27-19(24-13-16-9-6-12-30-16)14-25-20-17-10-4-5-11-18(17)31-21(20)22(28)26(23(25)29)15-7-2-1-3-8-15/h1-5,7-8,10-11,16H,6,9,12-14H2,(H,24,27)/t16-/m0/s1. The largest absolute Gasteiger partial charge is 0.449 e. The molecule has 1 atom stereocenters. The van der Waals surface area contributed by atoms with E-state index < -0.39 is 11.2 Å². The molecule has 1 aliphatic heterocycles. The molecular formula is C23H21N3O5. The topological polar surface area (TPSA) is 95.5 Å². The number of aromatic nitrogens is 2. The number of amides is 1. The van der Waals surface area contributed by atoms with Gasteiger partial charge in [-0.25, -0.2) is 9.36 Å². The summed E-state index contributed by atoms with van der Waals surface area (Å²) in [5, 5.41) is 3.45. The van der Waals surface area contributed by atoms with Gasteiger partial charge in [0.05, 0.1) is 11.8 Å². The zero-order valence-corrected chi connectivity index (χ0v) is 16.7. The minimum atomic E-state index is -0.595. The molecule has 0 spiro atoms. The Morgan fingerprint density at radius 1 is 1.06 bits per heavy atom. The van der Waals surface area contributed by atoms with Crippen molar-refractivity contribution in [1.82, 2.24) is 14.5 Å². The van der Waals surface area contributed by atoms with Crippen LogP contribution in [0.25, 0.3) is 27.8 Å². The fraction of sp³-hybridized carbons (Fsp3) is 0.261. The lowest BCUT2D eigenvalue weighted by atomic mass is 10.2. The highest BCUT2D eigenvalue weighted by atomic mass is 16.5. The van der Waals surface area contributed by atoms with Crippen molar-refractivity contribution in [2.24, 2.45) is 0 Å². The number of hydrogen-bond donors (Lipinski definition) is 1. The molecule has 0 bridgehead atoms. The van der Waals surface area contributed by atoms with E-state index in [-0.39, 0.29) is 24.1 Å². The molecular weight excluding hydrogens is 398 g/mol. The summed E-state index contributed by atoms with van der Waals surface area (Å²) in [6.07, 6.45) is 1.87. The SMILES string of the molecule is O=C(Cn1c(=O)n(-c2ccccc2)c(=O)c2oc3ccccc3c21)NC[C@@H]1CCCO1. The maximum Gasteiger partial charge on any atom is 0.336 e. The number of para-hydroxylation sites is 2. The molecule has 5 rings (SSSR count). The van der Waals surface area contributed by atoms with Crippen molar-refractivity contribution in [3.05, 3.63) is 75.4 Å². The summed E-state index contributed by atoms with van der Waals surface area (Å²) in [6.45, 7) is 0.851. The molecule has 3 heterocycles. The van der Waals surface area contributed by atoms with Crippen LogP contribution >= 0.6 is 0 Å². The van der Waals surface area contributed by atoms with Gasteiger partial charge < -0.3 is 14.5 Å². The lowest BCUT2D eigenvalue weighted by molar-refractivity contribution is -0.122. The highest BCUT2D eigenvalue weighted by Crippen LogP contribution is 2.25. The first-order valence-electron chi connectivity index (χ1n) is 10.2. The number of benzene rings is 2. The number of nitrogens with one attached hydrogen (secondary N) is 1. The van der Waals surface area contributed by atoms with Crippen LogP contribution in [-0.2, 0) is 16.1 Å². The lowest BCUT2D eigenvalue weighted by Crippen LogP contribution is -2.42. The van der Waals surface area contributed by atoms with Crippen molar-refractivity contribution in [2.45, 2.75) is 25.5 Å². The second-order valence-electron chi connectivity index (χ2n) is 7.56. The first kappa shape index (κ1) is 19.3. The molecule has 8 heteroatoms. The summed E-state index contributed by atoms with van der Waals surface area (Å²) in [5.41, 5.74) is 0.101. The van der Waals surface area contributed by atoms with E-state index in [4.69, 9.17) is 9.15 Å². The van der Waals surface area contributed by atoms with E-state index in [1.165, 1.54) is 4.57 Å². The lowest BCUT2D eigenvalue weighted by Gasteiger charge is -2.14. The molecule has 0 unspecified atom stereocenters. The summed E-state index contributed by atoms with van der Waals surface area (Å²) in [5.74, 6) is -0.331. The molecule has 0 saturated carbocycles. The molecule has 1 amide bonds. The average Bonchev–Trinajstić information content (AvgIpc) is 3.44. The molecule has 4 aromatic rings. The molecule has 31 heavy (non-hydrogen) atoms. The van der Waals surface area contributed by atoms with Gasteiger partial charge in [0.25, 0.3) is 0 Å². The van der Waals surface area contributed by atoms with Crippen LogP contribution in [0.4, 0.5) is 0 Å². The number of furan rings is 1. The van der Waals surface area contributed by atoms with Gasteiger partial charge >= 0.3 is 11.2 Å². The minimum absolute atomic E-state index is 0.00582. The third kappa shape index (κ3) is 3.44. The van der Waals surface area contributed by atoms with Crippen molar-refractivity contribution < 1.29 is 13.9 Å². The van der Waals surface area contributed by atoms with E-state index in [1.54, 1.807) is 54.6 Å². The van der Waals surface area contributed by atoms with Crippen molar-refractivity contribution in [2.75, 3.05) is 13.2 Å². The first-order chi connectivity index (χ1) is 15.1. The van der Waals surface area contributed by atoms with E-state index in [0.717, 1.165) is 17.4 Å². The Balaban J connectivity index is 1.65. The van der Waals surface area contributed by atoms with Crippen LogP contribution in [0.2, 0.25) is 0 Å². The molecule has 0 radical (unpaired) electrons. The van der Waals surface area contributed by atoms with E-state index in [0.29, 0.717) is 35.3 Å². The zero-order chi connectivity index (χ0) is 21.4. The third-order valence-electron chi connectivity index (χ3n) is 5.53. The normalized spacial score (nSPS) is 16.2. The van der Waals surface area contributed by atoms with E-state index in [1.807, 2.05) is 0 Å². The predicted molar refractivity (Wildman–Crippen MR) is 116 cm³/mol.